The molecular formula is C38H51N5O6S. The number of aryl methyl sites for hydroxylation is 2. The van der Waals surface area contributed by atoms with E-state index in [9.17, 15) is 18.0 Å². The fourth-order valence-electron chi connectivity index (χ4n) is 7.80. The van der Waals surface area contributed by atoms with E-state index in [1.54, 1.807) is 23.1 Å². The first-order valence-electron chi connectivity index (χ1n) is 17.3. The van der Waals surface area contributed by atoms with Crippen molar-refractivity contribution in [3.05, 3.63) is 65.2 Å². The Hall–Kier alpha value is -4.19. The number of hydrogen-bond acceptors (Lipinski definition) is 8. The Morgan fingerprint density at radius 3 is 2.40 bits per heavy atom. The van der Waals surface area contributed by atoms with Crippen molar-refractivity contribution in [1.82, 2.24) is 19.8 Å². The van der Waals surface area contributed by atoms with Gasteiger partial charge in [-0.15, -0.1) is 0 Å². The molecule has 4 bridgehead atoms. The van der Waals surface area contributed by atoms with Crippen molar-refractivity contribution in [2.75, 3.05) is 25.0 Å². The molecule has 1 aromatic heterocycles. The molecule has 2 aliphatic rings. The van der Waals surface area contributed by atoms with Gasteiger partial charge in [0.2, 0.25) is 11.8 Å². The summed E-state index contributed by atoms with van der Waals surface area (Å²) in [6.45, 7) is 17.2. The molecule has 12 heteroatoms. The zero-order chi connectivity index (χ0) is 36.6. The Morgan fingerprint density at radius 2 is 1.78 bits per heavy atom. The van der Waals surface area contributed by atoms with Crippen LogP contribution < -0.4 is 9.46 Å². The molecule has 0 unspecified atom stereocenters. The van der Waals surface area contributed by atoms with E-state index in [0.29, 0.717) is 25.1 Å². The van der Waals surface area contributed by atoms with Gasteiger partial charge in [0.15, 0.2) is 0 Å². The van der Waals surface area contributed by atoms with E-state index in [1.165, 1.54) is 19.2 Å². The van der Waals surface area contributed by atoms with Gasteiger partial charge in [-0.1, -0.05) is 52.0 Å². The van der Waals surface area contributed by atoms with Crippen molar-refractivity contribution < 1.29 is 27.5 Å². The Labute approximate surface area is 296 Å². The third-order valence-corrected chi connectivity index (χ3v) is 11.2. The predicted molar refractivity (Wildman–Crippen MR) is 194 cm³/mol. The van der Waals surface area contributed by atoms with Gasteiger partial charge in [0, 0.05) is 35.8 Å². The lowest BCUT2D eigenvalue weighted by atomic mass is 9.63. The Kier molecular flexibility index (Phi) is 10.5. The van der Waals surface area contributed by atoms with Gasteiger partial charge in [-0.2, -0.15) is 4.98 Å². The van der Waals surface area contributed by atoms with Crippen LogP contribution in [0, 0.1) is 24.7 Å². The molecular weight excluding hydrogens is 655 g/mol. The van der Waals surface area contributed by atoms with Gasteiger partial charge in [-0.25, -0.2) is 22.9 Å². The standard InChI is InChI=1S/C38H51N5O6S/c1-10-42(36(45)48-9)28-21-38(8,22-28)19-26(4)43-29(20-37(5,6)7)23-49-32-18-31(33-24(2)13-11-14-25(33)3)39-35(40-32)41-50(46,47)30-16-12-15-27(17-30)34(43)44/h11-18,26,28-29H,10,19-23H2,1-9H3,(H,39,40,41)/t26-,28?,29+,38?/m0/s1. The van der Waals surface area contributed by atoms with Crippen LogP contribution in [-0.4, -0.2) is 78.6 Å². The summed E-state index contributed by atoms with van der Waals surface area (Å²) in [5, 5.41) is 0. The van der Waals surface area contributed by atoms with Crippen molar-refractivity contribution in [3.8, 4) is 17.1 Å². The molecule has 0 saturated heterocycles. The van der Waals surface area contributed by atoms with E-state index >= 15 is 0 Å². The second kappa shape index (κ2) is 14.2. The Morgan fingerprint density at radius 1 is 1.12 bits per heavy atom. The van der Waals surface area contributed by atoms with Gasteiger partial charge in [0.1, 0.15) is 6.61 Å². The lowest BCUT2D eigenvalue weighted by molar-refractivity contribution is -0.0132. The first kappa shape index (κ1) is 37.1. The van der Waals surface area contributed by atoms with E-state index in [2.05, 4.69) is 42.4 Å². The van der Waals surface area contributed by atoms with Crippen LogP contribution in [0.15, 0.2) is 53.4 Å². The average molecular weight is 706 g/mol. The molecule has 2 heterocycles. The number of hydrogen-bond donors (Lipinski definition) is 1. The summed E-state index contributed by atoms with van der Waals surface area (Å²) in [7, 11) is -2.78. The van der Waals surface area contributed by atoms with Gasteiger partial charge >= 0.3 is 6.09 Å². The van der Waals surface area contributed by atoms with Gasteiger partial charge in [-0.05, 0) is 93.5 Å². The lowest BCUT2D eigenvalue weighted by Gasteiger charge is -2.52. The van der Waals surface area contributed by atoms with Crippen LogP contribution in [0.5, 0.6) is 5.88 Å². The van der Waals surface area contributed by atoms with Crippen LogP contribution in [0.3, 0.4) is 0 Å². The molecule has 3 aromatic rings. The van der Waals surface area contributed by atoms with E-state index < -0.39 is 10.0 Å². The summed E-state index contributed by atoms with van der Waals surface area (Å²) < 4.78 is 41.5. The molecule has 1 saturated carbocycles. The number of rotatable bonds is 7. The smallest absolute Gasteiger partial charge is 0.409 e. The molecule has 11 nitrogen and oxygen atoms in total. The zero-order valence-corrected chi connectivity index (χ0v) is 31.6. The van der Waals surface area contributed by atoms with Crippen molar-refractivity contribution in [3.63, 3.8) is 0 Å². The van der Waals surface area contributed by atoms with Crippen LogP contribution in [-0.2, 0) is 14.8 Å². The van der Waals surface area contributed by atoms with E-state index in [1.807, 2.05) is 50.8 Å². The molecule has 2 atom stereocenters. The molecule has 0 radical (unpaired) electrons. The molecule has 2 aromatic carbocycles. The number of methoxy groups -OCH3 is 1. The summed E-state index contributed by atoms with van der Waals surface area (Å²) >= 11 is 0. The van der Waals surface area contributed by atoms with Crippen molar-refractivity contribution in [2.24, 2.45) is 10.8 Å². The highest BCUT2D eigenvalue weighted by molar-refractivity contribution is 7.92. The minimum Gasteiger partial charge on any atom is -0.475 e. The van der Waals surface area contributed by atoms with Gasteiger partial charge in [0.05, 0.1) is 23.7 Å². The monoisotopic (exact) mass is 705 g/mol. The fourth-order valence-corrected chi connectivity index (χ4v) is 8.79. The molecule has 1 aliphatic carbocycles. The van der Waals surface area contributed by atoms with Crippen molar-refractivity contribution >= 4 is 28.0 Å². The summed E-state index contributed by atoms with van der Waals surface area (Å²) in [6.07, 6.45) is 2.54. The number of sulfonamides is 1. The average Bonchev–Trinajstić information content (AvgIpc) is 3.02. The van der Waals surface area contributed by atoms with Crippen LogP contribution in [0.4, 0.5) is 10.7 Å². The van der Waals surface area contributed by atoms with Gasteiger partial charge in [-0.3, -0.25) is 4.79 Å². The largest absolute Gasteiger partial charge is 0.475 e. The number of ether oxygens (including phenoxy) is 2. The number of nitrogens with one attached hydrogen (secondary N) is 1. The van der Waals surface area contributed by atoms with E-state index in [-0.39, 0.29) is 69.9 Å². The van der Waals surface area contributed by atoms with Gasteiger partial charge < -0.3 is 19.3 Å². The molecule has 270 valence electrons. The maximum Gasteiger partial charge on any atom is 0.409 e. The highest BCUT2D eigenvalue weighted by Crippen LogP contribution is 2.48. The van der Waals surface area contributed by atoms with E-state index in [4.69, 9.17) is 9.47 Å². The maximum absolute atomic E-state index is 14.7. The Balaban J connectivity index is 1.58. The van der Waals surface area contributed by atoms with E-state index in [0.717, 1.165) is 29.5 Å². The number of anilines is 1. The summed E-state index contributed by atoms with van der Waals surface area (Å²) in [5.41, 5.74) is 3.31. The van der Waals surface area contributed by atoms with Crippen molar-refractivity contribution in [1.29, 1.82) is 0 Å². The van der Waals surface area contributed by atoms with Crippen LogP contribution in [0.1, 0.15) is 88.7 Å². The number of amides is 2. The van der Waals surface area contributed by atoms with Crippen LogP contribution >= 0.6 is 0 Å². The fraction of sp³-hybridized carbons (Fsp3) is 0.526. The predicted octanol–water partition coefficient (Wildman–Crippen LogP) is 7.24. The molecule has 0 spiro atoms. The van der Waals surface area contributed by atoms with Crippen molar-refractivity contribution in [2.45, 2.75) is 104 Å². The minimum absolute atomic E-state index is 0.0662. The zero-order valence-electron chi connectivity index (χ0n) is 30.7. The van der Waals surface area contributed by atoms with Crippen LogP contribution in [0.2, 0.25) is 0 Å². The molecule has 1 N–H and O–H groups in total. The maximum atomic E-state index is 14.7. The Bertz CT molecular complexity index is 1830. The molecule has 1 fully saturated rings. The highest BCUT2D eigenvalue weighted by Gasteiger charge is 2.47. The highest BCUT2D eigenvalue weighted by atomic mass is 32.2. The number of carbonyl (C=O) groups excluding carboxylic acids is 2. The second-order valence-corrected chi connectivity index (χ2v) is 17.1. The topological polar surface area (TPSA) is 131 Å². The third kappa shape index (κ3) is 8.06. The van der Waals surface area contributed by atoms with Gasteiger partial charge in [0.25, 0.3) is 15.9 Å². The first-order valence-corrected chi connectivity index (χ1v) is 18.8. The normalized spacial score (nSPS) is 22.4. The number of nitrogens with zero attached hydrogens (tertiary/aromatic N) is 4. The summed E-state index contributed by atoms with van der Waals surface area (Å²) in [6, 6.07) is 13.2. The number of carbonyl (C=O) groups is 2. The van der Waals surface area contributed by atoms with Crippen LogP contribution in [0.25, 0.3) is 11.3 Å². The molecule has 1 aliphatic heterocycles. The summed E-state index contributed by atoms with van der Waals surface area (Å²) in [4.78, 5) is 39.8. The number of aromatic nitrogens is 2. The molecule has 50 heavy (non-hydrogen) atoms. The SMILES string of the molecule is CCN(C(=O)OC)C1CC(C)(C[C@H](C)N2C(=O)c3cccc(c3)S(=O)(=O)Nc3nc(cc(-c4c(C)cccc4C)n3)OC[C@H]2CC(C)(C)C)C1. The quantitative estimate of drug-likeness (QED) is 0.272. The lowest BCUT2D eigenvalue weighted by Crippen LogP contribution is -2.56. The first-order chi connectivity index (χ1) is 23.4. The third-order valence-electron chi connectivity index (χ3n) is 9.87. The molecule has 5 rings (SSSR count). The summed E-state index contributed by atoms with van der Waals surface area (Å²) in [5.74, 6) is -0.185. The molecule has 2 amide bonds. The minimum atomic E-state index is -4.17. The second-order valence-electron chi connectivity index (χ2n) is 15.4. The number of fused-ring (bicyclic) bond motifs is 4. The number of benzene rings is 2.